The highest BCUT2D eigenvalue weighted by atomic mass is 35.5. The molecule has 15 heteroatoms. The van der Waals surface area contributed by atoms with E-state index in [0.717, 1.165) is 25.7 Å². The Morgan fingerprint density at radius 3 is 2.46 bits per heavy atom. The number of amides is 1. The van der Waals surface area contributed by atoms with Crippen LogP contribution >= 0.6 is 18.7 Å². The van der Waals surface area contributed by atoms with Gasteiger partial charge in [0.1, 0.15) is 36.4 Å². The minimum absolute atomic E-state index is 0.0409. The molecular formula is C31H49ClN5O8P. The lowest BCUT2D eigenvalue weighted by molar-refractivity contribution is -0.205. The number of hydrogen-bond acceptors (Lipinski definition) is 11. The fourth-order valence-electron chi connectivity index (χ4n) is 6.29. The molecule has 2 aliphatic heterocycles. The molecule has 5 atom stereocenters. The summed E-state index contributed by atoms with van der Waals surface area (Å²) in [5, 5.41) is 4.24. The Kier molecular flexibility index (Phi) is 10.2. The molecule has 0 aromatic carbocycles. The van der Waals surface area contributed by atoms with Crippen LogP contribution in [0.2, 0.25) is 5.28 Å². The molecule has 1 unspecified atom stereocenters. The van der Waals surface area contributed by atoms with Crippen LogP contribution in [0.5, 0.6) is 0 Å². The van der Waals surface area contributed by atoms with Gasteiger partial charge in [0, 0.05) is 25.7 Å². The van der Waals surface area contributed by atoms with Crippen LogP contribution in [0.1, 0.15) is 86.8 Å². The van der Waals surface area contributed by atoms with E-state index in [2.05, 4.69) is 15.1 Å². The normalized spacial score (nSPS) is 26.4. The van der Waals surface area contributed by atoms with E-state index in [0.29, 0.717) is 36.5 Å². The number of carbonyl (C=O) groups is 1. The zero-order valence-corrected chi connectivity index (χ0v) is 30.1. The van der Waals surface area contributed by atoms with Crippen LogP contribution in [-0.2, 0) is 33.0 Å². The predicted octanol–water partition coefficient (Wildman–Crippen LogP) is 6.36. The van der Waals surface area contributed by atoms with Crippen LogP contribution in [0.4, 0.5) is 10.6 Å². The van der Waals surface area contributed by atoms with Crippen molar-refractivity contribution in [3.63, 3.8) is 0 Å². The molecule has 13 nitrogen and oxygen atoms in total. The molecule has 1 saturated carbocycles. The molecule has 258 valence electrons. The van der Waals surface area contributed by atoms with Crippen LogP contribution in [0, 0.1) is 0 Å². The van der Waals surface area contributed by atoms with Crippen LogP contribution in [0.25, 0.3) is 11.0 Å². The first-order valence-electron chi connectivity index (χ1n) is 16.1. The van der Waals surface area contributed by atoms with Crippen molar-refractivity contribution in [3.8, 4) is 0 Å². The molecule has 3 fully saturated rings. The second kappa shape index (κ2) is 13.2. The molecule has 0 bridgehead atoms. The van der Waals surface area contributed by atoms with Gasteiger partial charge in [-0.3, -0.25) is 4.90 Å². The second-order valence-corrected chi connectivity index (χ2v) is 18.3. The Labute approximate surface area is 276 Å². The number of hydrogen-bond donors (Lipinski definition) is 0. The van der Waals surface area contributed by atoms with Crippen LogP contribution in [0.15, 0.2) is 6.20 Å². The fraction of sp³-hybridized carbons (Fsp3) is 0.806. The van der Waals surface area contributed by atoms with Crippen molar-refractivity contribution >= 4 is 41.7 Å². The summed E-state index contributed by atoms with van der Waals surface area (Å²) < 4.78 is 52.0. The third-order valence-electron chi connectivity index (χ3n) is 8.89. The van der Waals surface area contributed by atoms with E-state index in [4.69, 9.17) is 40.0 Å². The SMILES string of the molecule is CCOCCC(C)(OC[C@H]1O[C@@H](n2ncc3c(N(C(=O)OC(C)(C)C)C4CCCC4)nc(Cl)nc32)[C@@H]2OC(C)(C)O[C@@H]21)P(C)(C)=O. The number of rotatable bonds is 11. The summed E-state index contributed by atoms with van der Waals surface area (Å²) in [6.45, 7) is 17.5. The smallest absolute Gasteiger partial charge is 0.416 e. The molecule has 5 rings (SSSR count). The summed E-state index contributed by atoms with van der Waals surface area (Å²) in [5.41, 5.74) is -0.319. The topological polar surface area (TPSA) is 136 Å². The minimum Gasteiger partial charge on any atom is -0.443 e. The zero-order valence-electron chi connectivity index (χ0n) is 28.4. The molecule has 0 radical (unpaired) electrons. The van der Waals surface area contributed by atoms with Gasteiger partial charge in [-0.25, -0.2) is 9.48 Å². The molecule has 46 heavy (non-hydrogen) atoms. The number of halogens is 1. The largest absolute Gasteiger partial charge is 0.443 e. The van der Waals surface area contributed by atoms with E-state index >= 15 is 0 Å². The highest BCUT2D eigenvalue weighted by molar-refractivity contribution is 7.63. The summed E-state index contributed by atoms with van der Waals surface area (Å²) >= 11 is 6.53. The molecule has 2 aromatic heterocycles. The summed E-state index contributed by atoms with van der Waals surface area (Å²) in [6, 6.07) is -0.0986. The Morgan fingerprint density at radius 2 is 1.83 bits per heavy atom. The van der Waals surface area contributed by atoms with Gasteiger partial charge in [-0.15, -0.1) is 0 Å². The molecular weight excluding hydrogens is 637 g/mol. The van der Waals surface area contributed by atoms with Gasteiger partial charge >= 0.3 is 6.09 Å². The maximum absolute atomic E-state index is 13.6. The van der Waals surface area contributed by atoms with Crippen molar-refractivity contribution in [2.75, 3.05) is 38.1 Å². The maximum Gasteiger partial charge on any atom is 0.416 e. The number of aromatic nitrogens is 4. The molecule has 3 aliphatic rings. The number of nitrogens with zero attached hydrogens (tertiary/aromatic N) is 5. The monoisotopic (exact) mass is 685 g/mol. The lowest BCUT2D eigenvalue weighted by atomic mass is 10.1. The average molecular weight is 686 g/mol. The molecule has 0 spiro atoms. The van der Waals surface area contributed by atoms with Gasteiger partial charge in [-0.1, -0.05) is 12.8 Å². The van der Waals surface area contributed by atoms with Crippen molar-refractivity contribution in [3.05, 3.63) is 11.5 Å². The third kappa shape index (κ3) is 7.41. The standard InChI is InChI=1S/C31H49ClN5O8P/c1-10-40-16-15-31(7,46(8,9)39)41-18-21-22-23(44-30(5,6)43-22)26(42-21)37-25-20(17-33-37)24(34-27(32)35-25)36(19-13-11-12-14-19)28(38)45-29(2,3)4/h17,19,21-23,26H,10-16,18H2,1-9H3/t21-,22-,23-,26-,31?/m1/s1. The first-order chi connectivity index (χ1) is 21.4. The first kappa shape index (κ1) is 35.4. The van der Waals surface area contributed by atoms with E-state index in [1.807, 2.05) is 48.5 Å². The Balaban J connectivity index is 1.48. The third-order valence-corrected chi connectivity index (χ3v) is 11.7. The van der Waals surface area contributed by atoms with E-state index in [-0.39, 0.29) is 17.9 Å². The fourth-order valence-corrected chi connectivity index (χ4v) is 7.47. The van der Waals surface area contributed by atoms with Crippen molar-refractivity contribution in [2.24, 2.45) is 0 Å². The van der Waals surface area contributed by atoms with Crippen LogP contribution in [0.3, 0.4) is 0 Å². The predicted molar refractivity (Wildman–Crippen MR) is 174 cm³/mol. The van der Waals surface area contributed by atoms with E-state index in [9.17, 15) is 9.36 Å². The van der Waals surface area contributed by atoms with E-state index in [1.165, 1.54) is 0 Å². The summed E-state index contributed by atoms with van der Waals surface area (Å²) in [4.78, 5) is 24.3. The maximum atomic E-state index is 13.6. The van der Waals surface area contributed by atoms with Crippen molar-refractivity contribution < 1.29 is 37.8 Å². The molecule has 1 amide bonds. The number of fused-ring (bicyclic) bond motifs is 2. The first-order valence-corrected chi connectivity index (χ1v) is 19.1. The van der Waals surface area contributed by atoms with E-state index in [1.54, 1.807) is 29.1 Å². The van der Waals surface area contributed by atoms with Gasteiger partial charge in [-0.2, -0.15) is 15.1 Å². The van der Waals surface area contributed by atoms with Crippen LogP contribution < -0.4 is 4.90 Å². The molecule has 4 heterocycles. The van der Waals surface area contributed by atoms with Crippen LogP contribution in [-0.4, -0.2) is 100 Å². The Morgan fingerprint density at radius 1 is 1.15 bits per heavy atom. The summed E-state index contributed by atoms with van der Waals surface area (Å²) in [5.74, 6) is -0.553. The van der Waals surface area contributed by atoms with Gasteiger partial charge in [0.25, 0.3) is 0 Å². The minimum atomic E-state index is -2.71. The van der Waals surface area contributed by atoms with Crippen molar-refractivity contribution in [1.82, 2.24) is 19.7 Å². The van der Waals surface area contributed by atoms with E-state index < -0.39 is 54.5 Å². The second-order valence-electron chi connectivity index (χ2n) is 14.3. The quantitative estimate of drug-likeness (QED) is 0.148. The lowest BCUT2D eigenvalue weighted by Gasteiger charge is -2.35. The van der Waals surface area contributed by atoms with Crippen molar-refractivity contribution in [2.45, 2.75) is 128 Å². The molecule has 1 aliphatic carbocycles. The van der Waals surface area contributed by atoms with Gasteiger partial charge in [0.15, 0.2) is 23.5 Å². The molecule has 2 saturated heterocycles. The summed E-state index contributed by atoms with van der Waals surface area (Å²) in [6.07, 6.45) is 2.82. The number of carbonyl (C=O) groups excluding carboxylic acids is 1. The van der Waals surface area contributed by atoms with Gasteiger partial charge in [0.05, 0.1) is 18.2 Å². The molecule has 0 N–H and O–H groups in total. The Bertz CT molecular complexity index is 1450. The van der Waals surface area contributed by atoms with Crippen molar-refractivity contribution in [1.29, 1.82) is 0 Å². The van der Waals surface area contributed by atoms with Gasteiger partial charge in [-0.05, 0) is 86.2 Å². The molecule has 2 aromatic rings. The number of ether oxygens (including phenoxy) is 6. The van der Waals surface area contributed by atoms with Gasteiger partial charge in [0.2, 0.25) is 5.28 Å². The average Bonchev–Trinajstić information content (AvgIpc) is 3.71. The zero-order chi connectivity index (χ0) is 33.7. The highest BCUT2D eigenvalue weighted by Gasteiger charge is 2.57. The highest BCUT2D eigenvalue weighted by Crippen LogP contribution is 2.54. The van der Waals surface area contributed by atoms with Gasteiger partial charge < -0.3 is 33.0 Å². The number of anilines is 1. The Hall–Kier alpha value is -1.86. The lowest BCUT2D eigenvalue weighted by Crippen LogP contribution is -2.43. The summed E-state index contributed by atoms with van der Waals surface area (Å²) in [7, 11) is -2.71.